The summed E-state index contributed by atoms with van der Waals surface area (Å²) in [7, 11) is 0. The normalized spacial score (nSPS) is 13.9. The van der Waals surface area contributed by atoms with Crippen molar-refractivity contribution in [3.8, 4) is 0 Å². The molecule has 3 atom stereocenters. The first-order chi connectivity index (χ1) is 15.4. The van der Waals surface area contributed by atoms with E-state index in [1.54, 1.807) is 27.7 Å². The van der Waals surface area contributed by atoms with Crippen LogP contribution in [-0.2, 0) is 34.1 Å². The Kier molecular flexibility index (Phi) is 10.9. The molecule has 184 valence electrons. The number of carbonyl (C=O) groups excluding carboxylic acids is 4. The Morgan fingerprint density at radius 2 is 1.61 bits per heavy atom. The van der Waals surface area contributed by atoms with Gasteiger partial charge in [0, 0.05) is 6.42 Å². The Hall–Kier alpha value is -3.01. The van der Waals surface area contributed by atoms with Crippen molar-refractivity contribution in [3.05, 3.63) is 35.6 Å². The zero-order valence-electron chi connectivity index (χ0n) is 19.6. The van der Waals surface area contributed by atoms with E-state index >= 15 is 0 Å². The second-order valence-corrected chi connectivity index (χ2v) is 7.98. The molecule has 2 amide bonds. The summed E-state index contributed by atoms with van der Waals surface area (Å²) in [5, 5.41) is 15.1. The third kappa shape index (κ3) is 8.45. The smallest absolute Gasteiger partial charge is 0.328 e. The van der Waals surface area contributed by atoms with Crippen molar-refractivity contribution in [2.45, 2.75) is 71.1 Å². The van der Waals surface area contributed by atoms with E-state index in [1.807, 2.05) is 0 Å². The van der Waals surface area contributed by atoms with E-state index in [0.29, 0.717) is 5.56 Å². The van der Waals surface area contributed by atoms with E-state index < -0.39 is 53.2 Å². The minimum absolute atomic E-state index is 0.0625. The fourth-order valence-electron chi connectivity index (χ4n) is 2.97. The van der Waals surface area contributed by atoms with Crippen LogP contribution in [0.3, 0.4) is 0 Å². The largest absolute Gasteiger partial charge is 0.466 e. The number of aliphatic hydroxyl groups is 1. The fraction of sp³-hybridized carbons (Fsp3) is 0.565. The SMILES string of the molecule is CCOC(=O)CC[C@@H](NC(=O)[C@@H](NC(=O)C(C)(C)c1ccc(F)cc1)[C@@H](C)O)C(=O)OCC. The summed E-state index contributed by atoms with van der Waals surface area (Å²) >= 11 is 0. The van der Waals surface area contributed by atoms with E-state index in [9.17, 15) is 28.7 Å². The van der Waals surface area contributed by atoms with Gasteiger partial charge in [-0.1, -0.05) is 12.1 Å². The van der Waals surface area contributed by atoms with Gasteiger partial charge in [-0.2, -0.15) is 0 Å². The molecule has 0 heterocycles. The highest BCUT2D eigenvalue weighted by Crippen LogP contribution is 2.24. The number of benzene rings is 1. The highest BCUT2D eigenvalue weighted by Gasteiger charge is 2.36. The van der Waals surface area contributed by atoms with Crippen molar-refractivity contribution >= 4 is 23.8 Å². The van der Waals surface area contributed by atoms with Gasteiger partial charge in [0.25, 0.3) is 0 Å². The molecule has 1 rings (SSSR count). The average Bonchev–Trinajstić information content (AvgIpc) is 2.74. The summed E-state index contributed by atoms with van der Waals surface area (Å²) in [5.41, 5.74) is -0.643. The van der Waals surface area contributed by atoms with Crippen molar-refractivity contribution in [2.24, 2.45) is 0 Å². The minimum atomic E-state index is -1.39. The molecule has 9 nitrogen and oxygen atoms in total. The minimum Gasteiger partial charge on any atom is -0.466 e. The maximum atomic E-state index is 13.2. The lowest BCUT2D eigenvalue weighted by molar-refractivity contribution is -0.149. The predicted molar refractivity (Wildman–Crippen MR) is 117 cm³/mol. The molecule has 0 bridgehead atoms. The van der Waals surface area contributed by atoms with Crippen LogP contribution >= 0.6 is 0 Å². The molecule has 0 aliphatic rings. The molecule has 10 heteroatoms. The Bertz CT molecular complexity index is 825. The molecule has 0 fully saturated rings. The third-order valence-electron chi connectivity index (χ3n) is 5.02. The lowest BCUT2D eigenvalue weighted by atomic mass is 9.83. The van der Waals surface area contributed by atoms with Crippen molar-refractivity contribution < 1.29 is 38.1 Å². The topological polar surface area (TPSA) is 131 Å². The van der Waals surface area contributed by atoms with E-state index in [4.69, 9.17) is 9.47 Å². The molecular weight excluding hydrogens is 435 g/mol. The Morgan fingerprint density at radius 3 is 2.12 bits per heavy atom. The molecule has 0 spiro atoms. The van der Waals surface area contributed by atoms with Gasteiger partial charge in [-0.25, -0.2) is 9.18 Å². The van der Waals surface area contributed by atoms with Crippen LogP contribution in [0, 0.1) is 5.82 Å². The lowest BCUT2D eigenvalue weighted by Gasteiger charge is -2.29. The summed E-state index contributed by atoms with van der Waals surface area (Å²) in [4.78, 5) is 49.7. The Morgan fingerprint density at radius 1 is 1.03 bits per heavy atom. The van der Waals surface area contributed by atoms with E-state index in [1.165, 1.54) is 31.2 Å². The van der Waals surface area contributed by atoms with Gasteiger partial charge in [-0.15, -0.1) is 0 Å². The quantitative estimate of drug-likeness (QED) is 0.395. The second kappa shape index (κ2) is 12.9. The molecule has 0 saturated heterocycles. The van der Waals surface area contributed by atoms with Crippen LogP contribution < -0.4 is 10.6 Å². The van der Waals surface area contributed by atoms with Crippen LogP contribution in [0.4, 0.5) is 4.39 Å². The number of hydrogen-bond donors (Lipinski definition) is 3. The average molecular weight is 469 g/mol. The van der Waals surface area contributed by atoms with E-state index in [0.717, 1.165) is 0 Å². The summed E-state index contributed by atoms with van der Waals surface area (Å²) in [6.45, 7) is 7.97. The first kappa shape index (κ1) is 28.0. The highest BCUT2D eigenvalue weighted by atomic mass is 19.1. The summed E-state index contributed by atoms with van der Waals surface area (Å²) in [6.07, 6.45) is -1.52. The number of aliphatic hydroxyl groups excluding tert-OH is 1. The molecule has 3 N–H and O–H groups in total. The summed E-state index contributed by atoms with van der Waals surface area (Å²) in [6, 6.07) is 2.78. The number of carbonyl (C=O) groups is 4. The van der Waals surface area contributed by atoms with Crippen molar-refractivity contribution in [3.63, 3.8) is 0 Å². The lowest BCUT2D eigenvalue weighted by Crippen LogP contribution is -2.58. The molecule has 0 aromatic heterocycles. The standard InChI is InChI=1S/C23H33FN2O7/c1-6-32-18(28)13-12-17(21(30)33-7-2)25-20(29)19(14(3)27)26-22(31)23(4,5)15-8-10-16(24)11-9-15/h8-11,14,17,19,27H,6-7,12-13H2,1-5H3,(H,25,29)(H,26,31)/t14-,17-,19+/m1/s1. The highest BCUT2D eigenvalue weighted by molar-refractivity contribution is 5.94. The number of hydrogen-bond acceptors (Lipinski definition) is 7. The zero-order valence-corrected chi connectivity index (χ0v) is 19.6. The first-order valence-corrected chi connectivity index (χ1v) is 10.8. The van der Waals surface area contributed by atoms with E-state index in [2.05, 4.69) is 10.6 Å². The van der Waals surface area contributed by atoms with Gasteiger partial charge < -0.3 is 25.2 Å². The molecule has 0 saturated carbocycles. The van der Waals surface area contributed by atoms with Crippen molar-refractivity contribution in [2.75, 3.05) is 13.2 Å². The molecule has 0 aliphatic carbocycles. The monoisotopic (exact) mass is 468 g/mol. The van der Waals surface area contributed by atoms with Crippen LogP contribution in [0.1, 0.15) is 53.0 Å². The van der Waals surface area contributed by atoms with Gasteiger partial charge in [-0.05, 0) is 58.7 Å². The summed E-state index contributed by atoms with van der Waals surface area (Å²) < 4.78 is 23.0. The first-order valence-electron chi connectivity index (χ1n) is 10.8. The van der Waals surface area contributed by atoms with Crippen LogP contribution in [-0.4, -0.2) is 60.3 Å². The molecule has 1 aromatic rings. The van der Waals surface area contributed by atoms with Crippen LogP contribution in [0.2, 0.25) is 0 Å². The molecular formula is C23H33FN2O7. The van der Waals surface area contributed by atoms with Gasteiger partial charge in [0.1, 0.15) is 17.9 Å². The van der Waals surface area contributed by atoms with Crippen molar-refractivity contribution in [1.29, 1.82) is 0 Å². The fourth-order valence-corrected chi connectivity index (χ4v) is 2.97. The predicted octanol–water partition coefficient (Wildman–Crippen LogP) is 1.36. The molecule has 0 radical (unpaired) electrons. The number of ether oxygens (including phenoxy) is 2. The molecule has 1 aromatic carbocycles. The van der Waals surface area contributed by atoms with Crippen molar-refractivity contribution in [1.82, 2.24) is 10.6 Å². The van der Waals surface area contributed by atoms with E-state index in [-0.39, 0.29) is 26.1 Å². The Labute approximate surface area is 193 Å². The van der Waals surface area contributed by atoms with Crippen LogP contribution in [0.5, 0.6) is 0 Å². The number of nitrogens with one attached hydrogen (secondary N) is 2. The van der Waals surface area contributed by atoms with Gasteiger partial charge in [-0.3, -0.25) is 14.4 Å². The number of rotatable bonds is 12. The van der Waals surface area contributed by atoms with Gasteiger partial charge in [0.2, 0.25) is 11.8 Å². The Balaban J connectivity index is 2.97. The maximum absolute atomic E-state index is 13.2. The molecule has 33 heavy (non-hydrogen) atoms. The number of halogens is 1. The zero-order chi connectivity index (χ0) is 25.2. The maximum Gasteiger partial charge on any atom is 0.328 e. The number of amides is 2. The molecule has 0 aliphatic heterocycles. The van der Waals surface area contributed by atoms with Crippen LogP contribution in [0.25, 0.3) is 0 Å². The van der Waals surface area contributed by atoms with Gasteiger partial charge in [0.15, 0.2) is 0 Å². The summed E-state index contributed by atoms with van der Waals surface area (Å²) in [5.74, 6) is -3.16. The van der Waals surface area contributed by atoms with Gasteiger partial charge >= 0.3 is 11.9 Å². The second-order valence-electron chi connectivity index (χ2n) is 7.98. The number of esters is 2. The van der Waals surface area contributed by atoms with Crippen LogP contribution in [0.15, 0.2) is 24.3 Å². The third-order valence-corrected chi connectivity index (χ3v) is 5.02. The van der Waals surface area contributed by atoms with Gasteiger partial charge in [0.05, 0.1) is 24.7 Å². The molecule has 0 unspecified atom stereocenters.